The van der Waals surface area contributed by atoms with Crippen LogP contribution in [0.25, 0.3) is 55.8 Å². The van der Waals surface area contributed by atoms with Crippen LogP contribution < -0.4 is 0 Å². The number of rotatable bonds is 4. The van der Waals surface area contributed by atoms with Gasteiger partial charge in [0.1, 0.15) is 0 Å². The second-order valence-electron chi connectivity index (χ2n) is 8.41. The van der Waals surface area contributed by atoms with Crippen molar-refractivity contribution in [2.24, 2.45) is 0 Å². The summed E-state index contributed by atoms with van der Waals surface area (Å²) in [5.41, 5.74) is 7.24. The highest BCUT2D eigenvalue weighted by molar-refractivity contribution is 6.30. The smallest absolute Gasteiger partial charge is 0.160 e. The summed E-state index contributed by atoms with van der Waals surface area (Å²) in [6.07, 6.45) is 0. The quantitative estimate of drug-likeness (QED) is 0.258. The van der Waals surface area contributed by atoms with Crippen LogP contribution in [0.4, 0.5) is 0 Å². The second kappa shape index (κ2) is 9.17. The fourth-order valence-electron chi connectivity index (χ4n) is 4.46. The molecule has 3 heteroatoms. The molecule has 166 valence electrons. The molecule has 35 heavy (non-hydrogen) atoms. The third-order valence-electron chi connectivity index (χ3n) is 6.18. The Bertz CT molecular complexity index is 1570. The Morgan fingerprint density at radius 2 is 0.971 bits per heavy atom. The number of aromatic nitrogens is 2. The molecule has 0 aliphatic rings. The molecule has 0 aliphatic heterocycles. The first kappa shape index (κ1) is 21.3. The van der Waals surface area contributed by atoms with E-state index in [2.05, 4.69) is 78.9 Å². The molecule has 0 atom stereocenters. The van der Waals surface area contributed by atoms with Crippen molar-refractivity contribution < 1.29 is 0 Å². The molecular weight excluding hydrogens is 448 g/mol. The molecule has 0 saturated carbocycles. The van der Waals surface area contributed by atoms with Crippen LogP contribution in [0.2, 0.25) is 5.02 Å². The number of hydrogen-bond acceptors (Lipinski definition) is 2. The van der Waals surface area contributed by atoms with Crippen molar-refractivity contribution >= 4 is 22.4 Å². The van der Waals surface area contributed by atoms with Gasteiger partial charge in [0, 0.05) is 21.7 Å². The summed E-state index contributed by atoms with van der Waals surface area (Å²) in [5.74, 6) is 0.716. The van der Waals surface area contributed by atoms with E-state index in [0.717, 1.165) is 44.1 Å². The van der Waals surface area contributed by atoms with E-state index in [9.17, 15) is 0 Å². The van der Waals surface area contributed by atoms with Crippen molar-refractivity contribution in [3.05, 3.63) is 132 Å². The zero-order valence-electron chi connectivity index (χ0n) is 18.9. The fraction of sp³-hybridized carbons (Fsp3) is 0. The summed E-state index contributed by atoms with van der Waals surface area (Å²) in [5, 5.41) is 3.06. The van der Waals surface area contributed by atoms with Gasteiger partial charge in [0.25, 0.3) is 0 Å². The van der Waals surface area contributed by atoms with Crippen LogP contribution in [0.5, 0.6) is 0 Å². The van der Waals surface area contributed by atoms with Gasteiger partial charge in [0.05, 0.1) is 11.4 Å². The maximum absolute atomic E-state index is 6.14. The Labute approximate surface area is 209 Å². The minimum Gasteiger partial charge on any atom is -0.228 e. The third kappa shape index (κ3) is 4.21. The van der Waals surface area contributed by atoms with E-state index in [1.54, 1.807) is 0 Å². The highest BCUT2D eigenvalue weighted by Crippen LogP contribution is 2.37. The van der Waals surface area contributed by atoms with Crippen LogP contribution in [-0.4, -0.2) is 9.97 Å². The van der Waals surface area contributed by atoms with Gasteiger partial charge in [0.15, 0.2) is 5.82 Å². The summed E-state index contributed by atoms with van der Waals surface area (Å²) in [4.78, 5) is 9.96. The highest BCUT2D eigenvalue weighted by Gasteiger charge is 2.14. The molecule has 1 aromatic heterocycles. The largest absolute Gasteiger partial charge is 0.228 e. The van der Waals surface area contributed by atoms with Gasteiger partial charge < -0.3 is 0 Å². The van der Waals surface area contributed by atoms with Crippen LogP contribution in [0.3, 0.4) is 0 Å². The molecule has 0 spiro atoms. The molecule has 5 aromatic carbocycles. The van der Waals surface area contributed by atoms with Crippen LogP contribution in [0.15, 0.2) is 127 Å². The predicted octanol–water partition coefficient (Wildman–Crippen LogP) is 8.95. The number of fused-ring (bicyclic) bond motifs is 1. The molecule has 0 unspecified atom stereocenters. The molecule has 1 heterocycles. The zero-order valence-corrected chi connectivity index (χ0v) is 19.7. The maximum atomic E-state index is 6.14. The normalized spacial score (nSPS) is 11.0. The summed E-state index contributed by atoms with van der Waals surface area (Å²) >= 11 is 6.14. The Hall–Kier alpha value is -4.27. The number of halogens is 1. The van der Waals surface area contributed by atoms with E-state index in [1.807, 2.05) is 48.5 Å². The summed E-state index contributed by atoms with van der Waals surface area (Å²) in [6.45, 7) is 0. The minimum absolute atomic E-state index is 0.716. The van der Waals surface area contributed by atoms with E-state index in [-0.39, 0.29) is 0 Å². The van der Waals surface area contributed by atoms with Gasteiger partial charge >= 0.3 is 0 Å². The lowest BCUT2D eigenvalue weighted by Gasteiger charge is -2.14. The highest BCUT2D eigenvalue weighted by atomic mass is 35.5. The summed E-state index contributed by atoms with van der Waals surface area (Å²) < 4.78 is 0. The third-order valence-corrected chi connectivity index (χ3v) is 6.43. The van der Waals surface area contributed by atoms with E-state index in [4.69, 9.17) is 21.6 Å². The van der Waals surface area contributed by atoms with Crippen molar-refractivity contribution in [3.63, 3.8) is 0 Å². The SMILES string of the molecule is Clc1ccc(-c2ccc(-c3cc(-c4ccccc4)nc(-c4ccccc4)n3)c3ccccc23)cc1. The van der Waals surface area contributed by atoms with Gasteiger partial charge in [-0.2, -0.15) is 0 Å². The van der Waals surface area contributed by atoms with Crippen molar-refractivity contribution in [1.29, 1.82) is 0 Å². The lowest BCUT2D eigenvalue weighted by molar-refractivity contribution is 1.18. The number of hydrogen-bond donors (Lipinski definition) is 0. The Balaban J connectivity index is 1.58. The van der Waals surface area contributed by atoms with E-state index in [1.165, 1.54) is 10.9 Å². The van der Waals surface area contributed by atoms with E-state index in [0.29, 0.717) is 5.82 Å². The standard InChI is InChI=1S/C32H21ClN2/c33-25-17-15-22(16-18-25)26-19-20-29(28-14-8-7-13-27(26)28)31-21-30(23-9-3-1-4-10-23)34-32(35-31)24-11-5-2-6-12-24/h1-21H. The molecule has 6 aromatic rings. The Morgan fingerprint density at radius 1 is 0.429 bits per heavy atom. The maximum Gasteiger partial charge on any atom is 0.160 e. The van der Waals surface area contributed by atoms with Gasteiger partial charge in [-0.15, -0.1) is 0 Å². The van der Waals surface area contributed by atoms with Crippen LogP contribution in [-0.2, 0) is 0 Å². The van der Waals surface area contributed by atoms with Gasteiger partial charge in [-0.1, -0.05) is 121 Å². The minimum atomic E-state index is 0.716. The molecule has 0 saturated heterocycles. The summed E-state index contributed by atoms with van der Waals surface area (Å²) in [6, 6.07) is 43.3. The Kier molecular flexibility index (Phi) is 5.57. The first-order valence-electron chi connectivity index (χ1n) is 11.5. The fourth-order valence-corrected chi connectivity index (χ4v) is 4.59. The molecule has 0 amide bonds. The average Bonchev–Trinajstić information content (AvgIpc) is 2.94. The second-order valence-corrected chi connectivity index (χ2v) is 8.84. The average molecular weight is 469 g/mol. The van der Waals surface area contributed by atoms with Crippen LogP contribution in [0.1, 0.15) is 0 Å². The first-order valence-corrected chi connectivity index (χ1v) is 11.9. The van der Waals surface area contributed by atoms with Crippen LogP contribution in [0, 0.1) is 0 Å². The van der Waals surface area contributed by atoms with Gasteiger partial charge in [-0.05, 0) is 40.1 Å². The van der Waals surface area contributed by atoms with Crippen molar-refractivity contribution in [2.45, 2.75) is 0 Å². The monoisotopic (exact) mass is 468 g/mol. The molecular formula is C32H21ClN2. The first-order chi connectivity index (χ1) is 17.3. The molecule has 0 fully saturated rings. The van der Waals surface area contributed by atoms with Gasteiger partial charge in [0.2, 0.25) is 0 Å². The van der Waals surface area contributed by atoms with E-state index >= 15 is 0 Å². The molecule has 6 rings (SSSR count). The Morgan fingerprint density at radius 3 is 1.66 bits per heavy atom. The van der Waals surface area contributed by atoms with E-state index < -0.39 is 0 Å². The zero-order chi connectivity index (χ0) is 23.6. The van der Waals surface area contributed by atoms with Crippen molar-refractivity contribution in [3.8, 4) is 45.0 Å². The van der Waals surface area contributed by atoms with Gasteiger partial charge in [-0.25, -0.2) is 9.97 Å². The number of nitrogens with zero attached hydrogens (tertiary/aromatic N) is 2. The molecule has 2 nitrogen and oxygen atoms in total. The predicted molar refractivity (Wildman–Crippen MR) is 146 cm³/mol. The molecule has 0 N–H and O–H groups in total. The molecule has 0 aliphatic carbocycles. The topological polar surface area (TPSA) is 25.8 Å². The lowest BCUT2D eigenvalue weighted by Crippen LogP contribution is -1.96. The van der Waals surface area contributed by atoms with Crippen molar-refractivity contribution in [1.82, 2.24) is 9.97 Å². The molecule has 0 radical (unpaired) electrons. The van der Waals surface area contributed by atoms with Crippen molar-refractivity contribution in [2.75, 3.05) is 0 Å². The summed E-state index contributed by atoms with van der Waals surface area (Å²) in [7, 11) is 0. The number of benzene rings is 5. The lowest BCUT2D eigenvalue weighted by atomic mass is 9.93. The van der Waals surface area contributed by atoms with Gasteiger partial charge in [-0.3, -0.25) is 0 Å². The molecule has 0 bridgehead atoms. The van der Waals surface area contributed by atoms with Crippen LogP contribution >= 0.6 is 11.6 Å².